The highest BCUT2D eigenvalue weighted by atomic mass is 127. The summed E-state index contributed by atoms with van der Waals surface area (Å²) in [4.78, 5) is 0. The summed E-state index contributed by atoms with van der Waals surface area (Å²) in [5.41, 5.74) is 0. The first-order valence-electron chi connectivity index (χ1n) is 18.9. The lowest BCUT2D eigenvalue weighted by molar-refractivity contribution is -0.00479. The maximum absolute atomic E-state index is 6.10. The van der Waals surface area contributed by atoms with Crippen LogP contribution in [0.5, 0.6) is 0 Å². The predicted octanol–water partition coefficient (Wildman–Crippen LogP) is 13.9. The van der Waals surface area contributed by atoms with E-state index in [0.29, 0.717) is 0 Å². The maximum atomic E-state index is 6.10. The number of alkyl halides is 1. The van der Waals surface area contributed by atoms with Crippen LogP contribution < -0.4 is 0 Å². The van der Waals surface area contributed by atoms with Crippen LogP contribution in [0.3, 0.4) is 0 Å². The minimum absolute atomic E-state index is 0.267. The second-order valence-corrected chi connectivity index (χ2v) is 13.5. The lowest BCUT2D eigenvalue weighted by Gasteiger charge is -2.15. The van der Waals surface area contributed by atoms with Gasteiger partial charge in [0, 0.05) is 17.6 Å². The molecule has 42 heavy (non-hydrogen) atoms. The molecule has 0 saturated carbocycles. The lowest BCUT2D eigenvalue weighted by atomic mass is 10.1. The van der Waals surface area contributed by atoms with Crippen molar-refractivity contribution in [1.82, 2.24) is 0 Å². The van der Waals surface area contributed by atoms with E-state index in [1.165, 1.54) is 180 Å². The molecule has 0 aliphatic rings. The molecule has 0 fully saturated rings. The topological polar surface area (TPSA) is 18.5 Å². The van der Waals surface area contributed by atoms with E-state index in [9.17, 15) is 0 Å². The molecule has 3 heteroatoms. The smallest absolute Gasteiger partial charge is 0.0897 e. The summed E-state index contributed by atoms with van der Waals surface area (Å²) in [6.45, 7) is 7.13. The quantitative estimate of drug-likeness (QED) is 0.0280. The van der Waals surface area contributed by atoms with Crippen molar-refractivity contribution in [2.45, 2.75) is 200 Å². The van der Waals surface area contributed by atoms with Crippen molar-refractivity contribution < 1.29 is 9.47 Å². The number of hydrogen-bond donors (Lipinski definition) is 0. The van der Waals surface area contributed by atoms with E-state index in [-0.39, 0.29) is 6.10 Å². The Bertz CT molecular complexity index is 532. The van der Waals surface area contributed by atoms with Crippen molar-refractivity contribution in [3.63, 3.8) is 0 Å². The number of rotatable bonds is 36. The van der Waals surface area contributed by atoms with Gasteiger partial charge in [0.2, 0.25) is 0 Å². The summed E-state index contributed by atoms with van der Waals surface area (Å²) in [6, 6.07) is 0. The first-order chi connectivity index (χ1) is 20.8. The molecule has 0 aliphatic carbocycles. The van der Waals surface area contributed by atoms with E-state index in [4.69, 9.17) is 9.47 Å². The third kappa shape index (κ3) is 36.3. The molecule has 0 bridgehead atoms. The number of hydrogen-bond acceptors (Lipinski definition) is 2. The summed E-state index contributed by atoms with van der Waals surface area (Å²) >= 11 is 2.44. The molecule has 0 rings (SSSR count). The van der Waals surface area contributed by atoms with Crippen LogP contribution in [0.15, 0.2) is 24.3 Å². The molecule has 0 heterocycles. The second kappa shape index (κ2) is 39.2. The Kier molecular flexibility index (Phi) is 39.3. The molecular formula is C39H75IO2. The van der Waals surface area contributed by atoms with Gasteiger partial charge in [-0.05, 0) is 64.2 Å². The molecule has 0 radical (unpaired) electrons. The molecule has 0 aromatic rings. The van der Waals surface area contributed by atoms with Gasteiger partial charge < -0.3 is 9.47 Å². The SMILES string of the molecule is CCCCCCCCC=CCCCCCCCCOCC(CI)OCCCCCCCCC=CCCCCCCCC. The zero-order valence-electron chi connectivity index (χ0n) is 28.7. The second-order valence-electron chi connectivity index (χ2n) is 12.6. The molecule has 0 aromatic carbocycles. The minimum atomic E-state index is 0.267. The highest BCUT2D eigenvalue weighted by molar-refractivity contribution is 14.1. The van der Waals surface area contributed by atoms with Gasteiger partial charge >= 0.3 is 0 Å². The minimum Gasteiger partial charge on any atom is -0.379 e. The lowest BCUT2D eigenvalue weighted by Crippen LogP contribution is -2.22. The van der Waals surface area contributed by atoms with Crippen molar-refractivity contribution in [2.24, 2.45) is 0 Å². The Hall–Kier alpha value is 0.130. The van der Waals surface area contributed by atoms with E-state index in [2.05, 4.69) is 60.7 Å². The number of ether oxygens (including phenoxy) is 2. The number of halogens is 1. The van der Waals surface area contributed by atoms with Gasteiger partial charge in [0.15, 0.2) is 0 Å². The van der Waals surface area contributed by atoms with Crippen molar-refractivity contribution in [3.05, 3.63) is 24.3 Å². The molecule has 0 spiro atoms. The Morgan fingerprint density at radius 1 is 0.429 bits per heavy atom. The predicted molar refractivity (Wildman–Crippen MR) is 198 cm³/mol. The van der Waals surface area contributed by atoms with Gasteiger partial charge in [-0.15, -0.1) is 0 Å². The van der Waals surface area contributed by atoms with E-state index in [1.54, 1.807) is 0 Å². The maximum Gasteiger partial charge on any atom is 0.0897 e. The fourth-order valence-corrected chi connectivity index (χ4v) is 5.91. The van der Waals surface area contributed by atoms with E-state index in [1.807, 2.05) is 0 Å². The fraction of sp³-hybridized carbons (Fsp3) is 0.897. The fourth-order valence-electron chi connectivity index (χ4n) is 5.40. The molecular weight excluding hydrogens is 627 g/mol. The van der Waals surface area contributed by atoms with Crippen LogP contribution in [0.25, 0.3) is 0 Å². The zero-order valence-corrected chi connectivity index (χ0v) is 30.9. The Morgan fingerprint density at radius 3 is 1.14 bits per heavy atom. The van der Waals surface area contributed by atoms with Crippen molar-refractivity contribution in [2.75, 3.05) is 24.2 Å². The molecule has 2 nitrogen and oxygen atoms in total. The normalized spacial score (nSPS) is 12.7. The summed E-state index contributed by atoms with van der Waals surface area (Å²) in [5, 5.41) is 0. The van der Waals surface area contributed by atoms with Gasteiger partial charge in [-0.3, -0.25) is 0 Å². The molecule has 250 valence electrons. The van der Waals surface area contributed by atoms with Gasteiger partial charge in [0.1, 0.15) is 0 Å². The Morgan fingerprint density at radius 2 is 0.762 bits per heavy atom. The van der Waals surface area contributed by atoms with E-state index < -0.39 is 0 Å². The molecule has 1 atom stereocenters. The van der Waals surface area contributed by atoms with Gasteiger partial charge in [-0.2, -0.15) is 0 Å². The third-order valence-corrected chi connectivity index (χ3v) is 9.27. The van der Waals surface area contributed by atoms with Crippen molar-refractivity contribution >= 4 is 22.6 Å². The first kappa shape index (κ1) is 42.1. The van der Waals surface area contributed by atoms with Crippen LogP contribution in [0.4, 0.5) is 0 Å². The van der Waals surface area contributed by atoms with Gasteiger partial charge in [-0.25, -0.2) is 0 Å². The third-order valence-electron chi connectivity index (χ3n) is 8.29. The Labute approximate surface area is 279 Å². The number of allylic oxidation sites excluding steroid dienone is 4. The average Bonchev–Trinajstić information content (AvgIpc) is 3.00. The molecule has 0 N–H and O–H groups in total. The van der Waals surface area contributed by atoms with Gasteiger partial charge in [0.05, 0.1) is 12.7 Å². The monoisotopic (exact) mass is 702 g/mol. The van der Waals surface area contributed by atoms with Crippen LogP contribution in [0.2, 0.25) is 0 Å². The average molecular weight is 703 g/mol. The van der Waals surface area contributed by atoms with Crippen LogP contribution in [0, 0.1) is 0 Å². The van der Waals surface area contributed by atoms with Crippen molar-refractivity contribution in [1.29, 1.82) is 0 Å². The number of unbranched alkanes of at least 4 members (excludes halogenated alkanes) is 24. The van der Waals surface area contributed by atoms with Crippen LogP contribution >= 0.6 is 22.6 Å². The molecule has 0 amide bonds. The highest BCUT2D eigenvalue weighted by Gasteiger charge is 2.07. The molecule has 0 aromatic heterocycles. The standard InChI is InChI=1S/C39H75IO2/c1-3-5-7-9-11-13-15-17-19-21-23-25-27-29-31-33-35-41-38-39(37-40)42-36-34-32-30-28-26-24-22-20-18-16-14-12-10-8-6-4-2/h17-20,39H,3-16,21-38H2,1-2H3. The molecule has 1 unspecified atom stereocenters. The largest absolute Gasteiger partial charge is 0.379 e. The van der Waals surface area contributed by atoms with E-state index >= 15 is 0 Å². The summed E-state index contributed by atoms with van der Waals surface area (Å²) in [5.74, 6) is 0. The van der Waals surface area contributed by atoms with Crippen molar-refractivity contribution in [3.8, 4) is 0 Å². The van der Waals surface area contributed by atoms with Crippen LogP contribution in [-0.4, -0.2) is 30.4 Å². The van der Waals surface area contributed by atoms with Gasteiger partial charge in [0.25, 0.3) is 0 Å². The van der Waals surface area contributed by atoms with Crippen LogP contribution in [0.1, 0.15) is 194 Å². The molecule has 0 saturated heterocycles. The summed E-state index contributed by atoms with van der Waals surface area (Å²) in [7, 11) is 0. The summed E-state index contributed by atoms with van der Waals surface area (Å²) in [6.07, 6.45) is 47.8. The summed E-state index contributed by atoms with van der Waals surface area (Å²) < 4.78 is 13.1. The first-order valence-corrected chi connectivity index (χ1v) is 20.4. The van der Waals surface area contributed by atoms with E-state index in [0.717, 1.165) is 24.2 Å². The highest BCUT2D eigenvalue weighted by Crippen LogP contribution is 2.12. The molecule has 0 aliphatic heterocycles. The Balaban J connectivity index is 3.32. The zero-order chi connectivity index (χ0) is 30.4. The van der Waals surface area contributed by atoms with Crippen LogP contribution in [-0.2, 0) is 9.47 Å². The van der Waals surface area contributed by atoms with Gasteiger partial charge in [-0.1, -0.05) is 176 Å².